The van der Waals surface area contributed by atoms with E-state index in [1.165, 1.54) is 6.08 Å². The highest BCUT2D eigenvalue weighted by Gasteiger charge is 2.27. The maximum absolute atomic E-state index is 12.0. The largest absolute Gasteiger partial charge is 0.392 e. The Kier molecular flexibility index (Phi) is 4.22. The number of rotatable bonds is 2. The molecule has 0 aromatic rings. The van der Waals surface area contributed by atoms with E-state index in [4.69, 9.17) is 0 Å². The Hall–Kier alpha value is -0.470. The highest BCUT2D eigenvalue weighted by Crippen LogP contribution is 2.33. The van der Waals surface area contributed by atoms with Gasteiger partial charge in [-0.15, -0.1) is 0 Å². The third-order valence-electron chi connectivity index (χ3n) is 2.04. The maximum Gasteiger partial charge on any atom is 0.392 e. The van der Waals surface area contributed by atoms with Gasteiger partial charge in [0.2, 0.25) is 0 Å². The van der Waals surface area contributed by atoms with E-state index in [-0.39, 0.29) is 11.3 Å². The highest BCUT2D eigenvalue weighted by molar-refractivity contribution is 5.13. The fraction of sp³-hybridized carbons (Fsp3) is 0.818. The van der Waals surface area contributed by atoms with Gasteiger partial charge in [0.25, 0.3) is 0 Å². The third-order valence-corrected chi connectivity index (χ3v) is 2.04. The molecule has 0 saturated carbocycles. The van der Waals surface area contributed by atoms with Crippen LogP contribution in [0.15, 0.2) is 11.6 Å². The average Bonchev–Trinajstić information content (AvgIpc) is 1.79. The third kappa shape index (κ3) is 5.30. The van der Waals surface area contributed by atoms with E-state index in [0.29, 0.717) is 0 Å². The van der Waals surface area contributed by atoms with Crippen LogP contribution in [0.2, 0.25) is 0 Å². The van der Waals surface area contributed by atoms with Crippen molar-refractivity contribution < 1.29 is 13.2 Å². The summed E-state index contributed by atoms with van der Waals surface area (Å²) in [5.74, 6) is 0.164. The zero-order valence-corrected chi connectivity index (χ0v) is 9.50. The van der Waals surface area contributed by atoms with Gasteiger partial charge in [-0.25, -0.2) is 0 Å². The van der Waals surface area contributed by atoms with Crippen LogP contribution in [0.4, 0.5) is 13.2 Å². The number of alkyl halides is 3. The van der Waals surface area contributed by atoms with Crippen molar-refractivity contribution in [3.63, 3.8) is 0 Å². The quantitative estimate of drug-likeness (QED) is 0.583. The van der Waals surface area contributed by atoms with E-state index in [1.54, 1.807) is 0 Å². The average molecular weight is 208 g/mol. The molecule has 0 amide bonds. The molecule has 0 aliphatic carbocycles. The molecule has 0 fully saturated rings. The van der Waals surface area contributed by atoms with Crippen molar-refractivity contribution in [2.24, 2.45) is 11.3 Å². The predicted octanol–water partition coefficient (Wildman–Crippen LogP) is 4.57. The summed E-state index contributed by atoms with van der Waals surface area (Å²) in [4.78, 5) is 0. The summed E-state index contributed by atoms with van der Waals surface area (Å²) in [6.07, 6.45) is -3.59. The van der Waals surface area contributed by atoms with Gasteiger partial charge in [0, 0.05) is 0 Å². The Balaban J connectivity index is 4.69. The Bertz CT molecular complexity index is 204. The van der Waals surface area contributed by atoms with Crippen molar-refractivity contribution in [2.75, 3.05) is 0 Å². The van der Waals surface area contributed by atoms with Crippen molar-refractivity contribution in [1.82, 2.24) is 0 Å². The molecule has 0 N–H and O–H groups in total. The van der Waals surface area contributed by atoms with Gasteiger partial charge in [0.1, 0.15) is 0 Å². The van der Waals surface area contributed by atoms with Gasteiger partial charge in [-0.2, -0.15) is 13.2 Å². The van der Waals surface area contributed by atoms with Crippen LogP contribution in [0.25, 0.3) is 0 Å². The normalized spacial score (nSPS) is 15.1. The van der Waals surface area contributed by atoms with E-state index < -0.39 is 12.6 Å². The van der Waals surface area contributed by atoms with Crippen molar-refractivity contribution in [3.8, 4) is 0 Å². The molecule has 0 rings (SSSR count). The summed E-state index contributed by atoms with van der Waals surface area (Å²) in [6.45, 7) is 9.67. The standard InChI is InChI=1S/C11H19F3/c1-8(2)9(10(3,4)5)6-7-11(12,13)14/h6,8H,7H2,1-5H3/b9-6+. The smallest absolute Gasteiger partial charge is 0.171 e. The van der Waals surface area contributed by atoms with Crippen LogP contribution in [0, 0.1) is 11.3 Å². The summed E-state index contributed by atoms with van der Waals surface area (Å²) < 4.78 is 36.1. The second-order valence-electron chi connectivity index (χ2n) is 4.88. The number of halogens is 3. The number of allylic oxidation sites excluding steroid dienone is 2. The van der Waals surface area contributed by atoms with Gasteiger partial charge in [-0.1, -0.05) is 46.3 Å². The van der Waals surface area contributed by atoms with Gasteiger partial charge in [0.15, 0.2) is 0 Å². The molecule has 0 aromatic heterocycles. The van der Waals surface area contributed by atoms with Crippen molar-refractivity contribution in [2.45, 2.75) is 47.2 Å². The minimum atomic E-state index is -4.09. The number of hydrogen-bond donors (Lipinski definition) is 0. The van der Waals surface area contributed by atoms with Crippen LogP contribution in [-0.2, 0) is 0 Å². The van der Waals surface area contributed by atoms with Gasteiger partial charge in [-0.3, -0.25) is 0 Å². The first-order valence-electron chi connectivity index (χ1n) is 4.81. The lowest BCUT2D eigenvalue weighted by Crippen LogP contribution is -2.16. The van der Waals surface area contributed by atoms with E-state index in [2.05, 4.69) is 0 Å². The highest BCUT2D eigenvalue weighted by atomic mass is 19.4. The van der Waals surface area contributed by atoms with Crippen molar-refractivity contribution in [3.05, 3.63) is 11.6 Å². The Morgan fingerprint density at radius 1 is 1.14 bits per heavy atom. The zero-order valence-electron chi connectivity index (χ0n) is 9.50. The topological polar surface area (TPSA) is 0 Å². The first-order chi connectivity index (χ1) is 6.04. The molecule has 0 spiro atoms. The van der Waals surface area contributed by atoms with Crippen molar-refractivity contribution >= 4 is 0 Å². The molecule has 14 heavy (non-hydrogen) atoms. The van der Waals surface area contributed by atoms with Crippen LogP contribution in [0.1, 0.15) is 41.0 Å². The lowest BCUT2D eigenvalue weighted by molar-refractivity contribution is -0.125. The fourth-order valence-electron chi connectivity index (χ4n) is 1.63. The summed E-state index contributed by atoms with van der Waals surface area (Å²) in [5.41, 5.74) is 0.689. The molecule has 0 nitrogen and oxygen atoms in total. The molecule has 84 valence electrons. The molecule has 0 aliphatic rings. The molecule has 0 saturated heterocycles. The molecule has 0 heterocycles. The zero-order chi connectivity index (χ0) is 11.6. The summed E-state index contributed by atoms with van der Waals surface area (Å²) >= 11 is 0. The molecule has 0 aromatic carbocycles. The Labute approximate surface area is 84.2 Å². The molecule has 0 aliphatic heterocycles. The summed E-state index contributed by atoms with van der Waals surface area (Å²) in [6, 6.07) is 0. The fourth-order valence-corrected chi connectivity index (χ4v) is 1.63. The van der Waals surface area contributed by atoms with Crippen LogP contribution in [-0.4, -0.2) is 6.18 Å². The molecule has 3 heteroatoms. The minimum absolute atomic E-state index is 0.164. The second-order valence-corrected chi connectivity index (χ2v) is 4.88. The molecular weight excluding hydrogens is 189 g/mol. The summed E-state index contributed by atoms with van der Waals surface area (Å²) in [5, 5.41) is 0. The van der Waals surface area contributed by atoms with Crippen molar-refractivity contribution in [1.29, 1.82) is 0 Å². The van der Waals surface area contributed by atoms with Crippen LogP contribution < -0.4 is 0 Å². The Morgan fingerprint density at radius 3 is 1.79 bits per heavy atom. The minimum Gasteiger partial charge on any atom is -0.171 e. The first-order valence-corrected chi connectivity index (χ1v) is 4.81. The van der Waals surface area contributed by atoms with Gasteiger partial charge < -0.3 is 0 Å². The molecule has 0 atom stereocenters. The lowest BCUT2D eigenvalue weighted by Gasteiger charge is -2.26. The first kappa shape index (κ1) is 13.5. The summed E-state index contributed by atoms with van der Waals surface area (Å²) in [7, 11) is 0. The molecular formula is C11H19F3. The van der Waals surface area contributed by atoms with E-state index in [1.807, 2.05) is 34.6 Å². The molecule has 0 radical (unpaired) electrons. The predicted molar refractivity (Wildman–Crippen MR) is 53.0 cm³/mol. The second kappa shape index (κ2) is 4.37. The van der Waals surface area contributed by atoms with Gasteiger partial charge in [0.05, 0.1) is 6.42 Å². The lowest BCUT2D eigenvalue weighted by atomic mass is 9.79. The molecule has 0 unspecified atom stereocenters. The monoisotopic (exact) mass is 208 g/mol. The maximum atomic E-state index is 12.0. The van der Waals surface area contributed by atoms with E-state index >= 15 is 0 Å². The molecule has 0 bridgehead atoms. The van der Waals surface area contributed by atoms with E-state index in [0.717, 1.165) is 5.57 Å². The van der Waals surface area contributed by atoms with Gasteiger partial charge >= 0.3 is 6.18 Å². The number of hydrogen-bond acceptors (Lipinski definition) is 0. The Morgan fingerprint density at radius 2 is 1.57 bits per heavy atom. The SMILES string of the molecule is CC(C)/C(=C\CC(F)(F)F)C(C)(C)C. The van der Waals surface area contributed by atoms with Crippen LogP contribution in [0.5, 0.6) is 0 Å². The van der Waals surface area contributed by atoms with Crippen LogP contribution in [0.3, 0.4) is 0 Å². The van der Waals surface area contributed by atoms with Gasteiger partial charge in [-0.05, 0) is 11.3 Å². The van der Waals surface area contributed by atoms with E-state index in [9.17, 15) is 13.2 Å². The van der Waals surface area contributed by atoms with Crippen LogP contribution >= 0.6 is 0 Å².